The second kappa shape index (κ2) is 10.4. The predicted molar refractivity (Wildman–Crippen MR) is 129 cm³/mol. The smallest absolute Gasteiger partial charge is 0.264 e. The highest BCUT2D eigenvalue weighted by Crippen LogP contribution is 2.25. The van der Waals surface area contributed by atoms with Crippen molar-refractivity contribution in [3.63, 3.8) is 0 Å². The summed E-state index contributed by atoms with van der Waals surface area (Å²) >= 11 is 17.8. The number of halogens is 3. The topological polar surface area (TPSA) is 78.8 Å². The molecule has 0 aliphatic carbocycles. The standard InChI is InChI=1S/C22H18Cl3N3O3S/c1-15-2-8-19(9-3-15)28(32(30,31)20-10-6-17(23)7-11-20)14-22(29)27-26-13-16-4-5-18(24)12-21(16)25/h2-13H,14H2,1H3,(H,27,29)/b26-13-. The molecule has 1 N–H and O–H groups in total. The van der Waals surface area contributed by atoms with Crippen LogP contribution in [0.1, 0.15) is 11.1 Å². The van der Waals surface area contributed by atoms with Crippen molar-refractivity contribution in [2.75, 3.05) is 10.8 Å². The van der Waals surface area contributed by atoms with E-state index in [2.05, 4.69) is 10.5 Å². The molecule has 0 aliphatic rings. The third kappa shape index (κ3) is 6.01. The van der Waals surface area contributed by atoms with Gasteiger partial charge in [0.1, 0.15) is 6.54 Å². The van der Waals surface area contributed by atoms with E-state index in [0.29, 0.717) is 26.3 Å². The maximum absolute atomic E-state index is 13.3. The van der Waals surface area contributed by atoms with Crippen LogP contribution in [0, 0.1) is 6.92 Å². The van der Waals surface area contributed by atoms with Crippen molar-refractivity contribution in [3.8, 4) is 0 Å². The largest absolute Gasteiger partial charge is 0.271 e. The first-order valence-corrected chi connectivity index (χ1v) is 11.9. The third-order valence-electron chi connectivity index (χ3n) is 4.37. The number of nitrogens with one attached hydrogen (secondary N) is 1. The fourth-order valence-corrected chi connectivity index (χ4v) is 4.71. The molecule has 6 nitrogen and oxygen atoms in total. The van der Waals surface area contributed by atoms with E-state index in [-0.39, 0.29) is 4.90 Å². The van der Waals surface area contributed by atoms with Crippen molar-refractivity contribution in [1.29, 1.82) is 0 Å². The molecule has 0 radical (unpaired) electrons. The molecule has 0 bridgehead atoms. The Hall–Kier alpha value is -2.58. The number of hydrogen-bond acceptors (Lipinski definition) is 4. The van der Waals surface area contributed by atoms with Crippen molar-refractivity contribution < 1.29 is 13.2 Å². The first-order valence-electron chi connectivity index (χ1n) is 9.29. The molecule has 3 aromatic carbocycles. The summed E-state index contributed by atoms with van der Waals surface area (Å²) in [6, 6.07) is 17.3. The summed E-state index contributed by atoms with van der Waals surface area (Å²) in [5.74, 6) is -0.635. The molecule has 1 amide bonds. The molecule has 0 saturated heterocycles. The predicted octanol–water partition coefficient (Wildman–Crippen LogP) is 5.30. The van der Waals surface area contributed by atoms with Gasteiger partial charge in [0.25, 0.3) is 15.9 Å². The molecule has 0 aliphatic heterocycles. The highest BCUT2D eigenvalue weighted by Gasteiger charge is 2.27. The van der Waals surface area contributed by atoms with Gasteiger partial charge < -0.3 is 0 Å². The molecule has 32 heavy (non-hydrogen) atoms. The second-order valence-corrected chi connectivity index (χ2v) is 9.90. The molecular formula is C22H18Cl3N3O3S. The summed E-state index contributed by atoms with van der Waals surface area (Å²) < 4.78 is 27.6. The molecule has 0 heterocycles. The first kappa shape index (κ1) is 24.1. The molecule has 10 heteroatoms. The van der Waals surface area contributed by atoms with Gasteiger partial charge in [0, 0.05) is 15.6 Å². The molecule has 0 saturated carbocycles. The zero-order valence-electron chi connectivity index (χ0n) is 16.8. The van der Waals surface area contributed by atoms with Crippen LogP contribution in [0.2, 0.25) is 15.1 Å². The lowest BCUT2D eigenvalue weighted by Gasteiger charge is -2.23. The zero-order chi connectivity index (χ0) is 23.3. The Kier molecular flexibility index (Phi) is 7.79. The van der Waals surface area contributed by atoms with Crippen LogP contribution in [-0.2, 0) is 14.8 Å². The van der Waals surface area contributed by atoms with Crippen molar-refractivity contribution >= 4 is 62.6 Å². The molecule has 0 atom stereocenters. The number of hydrazone groups is 1. The van der Waals surface area contributed by atoms with Crippen LogP contribution >= 0.6 is 34.8 Å². The van der Waals surface area contributed by atoms with E-state index in [4.69, 9.17) is 34.8 Å². The Bertz CT molecular complexity index is 1250. The Labute approximate surface area is 201 Å². The number of amides is 1. The van der Waals surface area contributed by atoms with E-state index in [9.17, 15) is 13.2 Å². The van der Waals surface area contributed by atoms with Crippen molar-refractivity contribution in [1.82, 2.24) is 5.43 Å². The summed E-state index contributed by atoms with van der Waals surface area (Å²) in [7, 11) is -4.04. The van der Waals surface area contributed by atoms with Gasteiger partial charge >= 0.3 is 0 Å². The number of rotatable bonds is 7. The average Bonchev–Trinajstić information content (AvgIpc) is 2.74. The summed E-state index contributed by atoms with van der Waals surface area (Å²) in [4.78, 5) is 12.6. The SMILES string of the molecule is Cc1ccc(N(CC(=O)N/N=C\c2ccc(Cl)cc2Cl)S(=O)(=O)c2ccc(Cl)cc2)cc1. The fraction of sp³-hybridized carbons (Fsp3) is 0.0909. The summed E-state index contributed by atoms with van der Waals surface area (Å²) in [6.07, 6.45) is 1.35. The van der Waals surface area contributed by atoms with Crippen molar-refractivity contribution in [2.24, 2.45) is 5.10 Å². The molecule has 166 valence electrons. The van der Waals surface area contributed by atoms with Gasteiger partial charge in [-0.05, 0) is 55.5 Å². The lowest BCUT2D eigenvalue weighted by atomic mass is 10.2. The minimum absolute atomic E-state index is 0.00622. The number of aryl methyl sites for hydroxylation is 1. The fourth-order valence-electron chi connectivity index (χ4n) is 2.71. The third-order valence-corrected chi connectivity index (χ3v) is 6.97. The number of nitrogens with zero attached hydrogens (tertiary/aromatic N) is 2. The lowest BCUT2D eigenvalue weighted by Crippen LogP contribution is -2.39. The van der Waals surface area contributed by atoms with Gasteiger partial charge in [-0.15, -0.1) is 0 Å². The second-order valence-electron chi connectivity index (χ2n) is 6.76. The van der Waals surface area contributed by atoms with E-state index < -0.39 is 22.5 Å². The normalized spacial score (nSPS) is 11.5. The van der Waals surface area contributed by atoms with Gasteiger partial charge in [-0.3, -0.25) is 9.10 Å². The molecule has 0 fully saturated rings. The molecule has 0 spiro atoms. The molecule has 0 unspecified atom stereocenters. The van der Waals surface area contributed by atoms with E-state index in [1.54, 1.807) is 42.5 Å². The quantitative estimate of drug-likeness (QED) is 0.346. The Morgan fingerprint density at radius 1 is 0.969 bits per heavy atom. The van der Waals surface area contributed by atoms with Crippen LogP contribution in [-0.4, -0.2) is 27.1 Å². The Morgan fingerprint density at radius 3 is 2.22 bits per heavy atom. The first-order chi connectivity index (χ1) is 15.2. The minimum atomic E-state index is -4.04. The summed E-state index contributed by atoms with van der Waals surface area (Å²) in [5.41, 5.74) is 4.16. The minimum Gasteiger partial charge on any atom is -0.271 e. The highest BCUT2D eigenvalue weighted by molar-refractivity contribution is 7.92. The number of sulfonamides is 1. The lowest BCUT2D eigenvalue weighted by molar-refractivity contribution is -0.119. The van der Waals surface area contributed by atoms with Gasteiger partial charge in [-0.2, -0.15) is 5.10 Å². The van der Waals surface area contributed by atoms with E-state index >= 15 is 0 Å². The van der Waals surface area contributed by atoms with Gasteiger partial charge in [0.2, 0.25) is 0 Å². The molecule has 3 aromatic rings. The van der Waals surface area contributed by atoms with Gasteiger partial charge in [0.15, 0.2) is 0 Å². The number of hydrogen-bond donors (Lipinski definition) is 1. The molecule has 3 rings (SSSR count). The summed E-state index contributed by atoms with van der Waals surface area (Å²) in [5, 5.41) is 5.10. The average molecular weight is 511 g/mol. The number of carbonyl (C=O) groups excluding carboxylic acids is 1. The van der Waals surface area contributed by atoms with Crippen molar-refractivity contribution in [2.45, 2.75) is 11.8 Å². The number of carbonyl (C=O) groups is 1. The Balaban J connectivity index is 1.83. The van der Waals surface area contributed by atoms with Crippen LogP contribution in [0.25, 0.3) is 0 Å². The van der Waals surface area contributed by atoms with Crippen LogP contribution in [0.4, 0.5) is 5.69 Å². The van der Waals surface area contributed by atoms with E-state index in [0.717, 1.165) is 9.87 Å². The van der Waals surface area contributed by atoms with E-state index in [1.165, 1.54) is 30.5 Å². The molecular weight excluding hydrogens is 493 g/mol. The number of benzene rings is 3. The molecule has 0 aromatic heterocycles. The zero-order valence-corrected chi connectivity index (χ0v) is 19.9. The van der Waals surface area contributed by atoms with Crippen LogP contribution in [0.3, 0.4) is 0 Å². The van der Waals surface area contributed by atoms with Gasteiger partial charge in [-0.1, -0.05) is 58.6 Å². The van der Waals surface area contributed by atoms with Gasteiger partial charge in [0.05, 0.1) is 21.8 Å². The highest BCUT2D eigenvalue weighted by atomic mass is 35.5. The van der Waals surface area contributed by atoms with Crippen molar-refractivity contribution in [3.05, 3.63) is 92.9 Å². The Morgan fingerprint density at radius 2 is 1.59 bits per heavy atom. The van der Waals surface area contributed by atoms with Crippen LogP contribution in [0.15, 0.2) is 76.7 Å². The van der Waals surface area contributed by atoms with Gasteiger partial charge in [-0.25, -0.2) is 13.8 Å². The maximum Gasteiger partial charge on any atom is 0.264 e. The monoisotopic (exact) mass is 509 g/mol. The van der Waals surface area contributed by atoms with E-state index in [1.807, 2.05) is 6.92 Å². The maximum atomic E-state index is 13.3. The number of anilines is 1. The van der Waals surface area contributed by atoms with Crippen LogP contribution in [0.5, 0.6) is 0 Å². The summed E-state index contributed by atoms with van der Waals surface area (Å²) in [6.45, 7) is 1.39. The van der Waals surface area contributed by atoms with Crippen LogP contribution < -0.4 is 9.73 Å².